The minimum Gasteiger partial charge on any atom is -0.497 e. The molecule has 18 heavy (non-hydrogen) atoms. The fourth-order valence-electron chi connectivity index (χ4n) is 1.46. The lowest BCUT2D eigenvalue weighted by molar-refractivity contribution is 0.403. The molecule has 0 fully saturated rings. The van der Waals surface area contributed by atoms with Crippen molar-refractivity contribution in [2.45, 2.75) is 13.5 Å². The minimum atomic E-state index is 0.303. The summed E-state index contributed by atoms with van der Waals surface area (Å²) in [7, 11) is 1.60. The van der Waals surface area contributed by atoms with Gasteiger partial charge in [0.15, 0.2) is 0 Å². The first-order chi connectivity index (χ1) is 8.71. The lowest BCUT2D eigenvalue weighted by Crippen LogP contribution is -1.98. The Bertz CT molecular complexity index is 504. The zero-order chi connectivity index (χ0) is 13.0. The van der Waals surface area contributed by atoms with Crippen molar-refractivity contribution in [2.24, 2.45) is 5.73 Å². The second kappa shape index (κ2) is 5.46. The summed E-state index contributed by atoms with van der Waals surface area (Å²) in [6, 6.07) is 5.77. The van der Waals surface area contributed by atoms with E-state index in [1.807, 2.05) is 19.1 Å². The van der Waals surface area contributed by atoms with Crippen molar-refractivity contribution in [1.29, 1.82) is 0 Å². The standard InChI is InChI=1S/C13H15N3O2/c1-9-7-15-13(16-8-9)18-12-4-10(6-14)3-11(5-12)17-2/h3-5,7-8H,6,14H2,1-2H3. The summed E-state index contributed by atoms with van der Waals surface area (Å²) in [5.74, 6) is 1.30. The van der Waals surface area contributed by atoms with Crippen LogP contribution in [0.1, 0.15) is 11.1 Å². The number of hydrogen-bond acceptors (Lipinski definition) is 5. The van der Waals surface area contributed by atoms with Gasteiger partial charge in [-0.2, -0.15) is 0 Å². The summed E-state index contributed by atoms with van der Waals surface area (Å²) in [6.45, 7) is 2.34. The highest BCUT2D eigenvalue weighted by molar-refractivity contribution is 5.39. The number of ether oxygens (including phenoxy) is 2. The van der Waals surface area contributed by atoms with Crippen LogP contribution < -0.4 is 15.2 Å². The Morgan fingerprint density at radius 3 is 2.39 bits per heavy atom. The molecule has 1 heterocycles. The van der Waals surface area contributed by atoms with Gasteiger partial charge in [-0.25, -0.2) is 9.97 Å². The quantitative estimate of drug-likeness (QED) is 0.892. The molecule has 1 aromatic heterocycles. The third-order valence-corrected chi connectivity index (χ3v) is 2.38. The highest BCUT2D eigenvalue weighted by atomic mass is 16.5. The SMILES string of the molecule is COc1cc(CN)cc(Oc2ncc(C)cn2)c1. The molecule has 2 rings (SSSR count). The van der Waals surface area contributed by atoms with Crippen LogP contribution >= 0.6 is 0 Å². The van der Waals surface area contributed by atoms with Crippen molar-refractivity contribution in [3.8, 4) is 17.5 Å². The first-order valence-electron chi connectivity index (χ1n) is 5.56. The Balaban J connectivity index is 2.25. The van der Waals surface area contributed by atoms with Crippen LogP contribution in [0.5, 0.6) is 17.5 Å². The molecule has 0 spiro atoms. The molecule has 0 saturated carbocycles. The van der Waals surface area contributed by atoms with Crippen molar-refractivity contribution in [1.82, 2.24) is 9.97 Å². The highest BCUT2D eigenvalue weighted by Crippen LogP contribution is 2.25. The maximum atomic E-state index is 5.61. The topological polar surface area (TPSA) is 70.3 Å². The van der Waals surface area contributed by atoms with Crippen LogP contribution in [0, 0.1) is 6.92 Å². The first kappa shape index (κ1) is 12.3. The van der Waals surface area contributed by atoms with Crippen LogP contribution in [-0.4, -0.2) is 17.1 Å². The van der Waals surface area contributed by atoms with Gasteiger partial charge in [0.1, 0.15) is 11.5 Å². The third-order valence-electron chi connectivity index (χ3n) is 2.38. The van der Waals surface area contributed by atoms with E-state index in [9.17, 15) is 0 Å². The molecule has 0 atom stereocenters. The van der Waals surface area contributed by atoms with Crippen molar-refractivity contribution in [2.75, 3.05) is 7.11 Å². The van der Waals surface area contributed by atoms with Crippen LogP contribution in [-0.2, 0) is 6.54 Å². The summed E-state index contributed by atoms with van der Waals surface area (Å²) in [4.78, 5) is 8.16. The molecular formula is C13H15N3O2. The van der Waals surface area contributed by atoms with Crippen LogP contribution in [0.3, 0.4) is 0 Å². The average Bonchev–Trinajstić information content (AvgIpc) is 2.41. The van der Waals surface area contributed by atoms with Gasteiger partial charge in [0.25, 0.3) is 0 Å². The molecule has 0 radical (unpaired) electrons. The van der Waals surface area contributed by atoms with E-state index in [0.29, 0.717) is 24.1 Å². The largest absolute Gasteiger partial charge is 0.497 e. The average molecular weight is 245 g/mol. The Hall–Kier alpha value is -2.14. The summed E-state index contributed by atoms with van der Waals surface area (Å²) < 4.78 is 10.7. The van der Waals surface area contributed by atoms with Crippen LogP contribution in [0.4, 0.5) is 0 Å². The number of methoxy groups -OCH3 is 1. The molecule has 0 saturated heterocycles. The molecule has 0 bridgehead atoms. The lowest BCUT2D eigenvalue weighted by Gasteiger charge is -2.08. The molecule has 5 nitrogen and oxygen atoms in total. The van der Waals surface area contributed by atoms with Gasteiger partial charge < -0.3 is 15.2 Å². The molecule has 0 amide bonds. The number of aryl methyl sites for hydroxylation is 1. The van der Waals surface area contributed by atoms with Crippen molar-refractivity contribution in [3.05, 3.63) is 41.7 Å². The Kier molecular flexibility index (Phi) is 3.74. The molecule has 2 aromatic rings. The van der Waals surface area contributed by atoms with Gasteiger partial charge >= 0.3 is 6.01 Å². The van der Waals surface area contributed by atoms with Crippen molar-refractivity contribution >= 4 is 0 Å². The molecular weight excluding hydrogens is 230 g/mol. The number of rotatable bonds is 4. The zero-order valence-electron chi connectivity index (χ0n) is 10.4. The van der Waals surface area contributed by atoms with E-state index < -0.39 is 0 Å². The molecule has 0 unspecified atom stereocenters. The normalized spacial score (nSPS) is 10.2. The van der Waals surface area contributed by atoms with Gasteiger partial charge in [-0.15, -0.1) is 0 Å². The number of hydrogen-bond donors (Lipinski definition) is 1. The van der Waals surface area contributed by atoms with Gasteiger partial charge in [0.2, 0.25) is 0 Å². The number of nitrogens with two attached hydrogens (primary N) is 1. The first-order valence-corrected chi connectivity index (χ1v) is 5.56. The summed E-state index contributed by atoms with van der Waals surface area (Å²) >= 11 is 0. The maximum absolute atomic E-state index is 5.61. The molecule has 5 heteroatoms. The monoisotopic (exact) mass is 245 g/mol. The Labute approximate surface area is 106 Å². The Morgan fingerprint density at radius 2 is 1.78 bits per heavy atom. The van der Waals surface area contributed by atoms with Gasteiger partial charge in [-0.1, -0.05) is 0 Å². The molecule has 1 aromatic carbocycles. The predicted octanol–water partition coefficient (Wildman–Crippen LogP) is 2.04. The molecule has 94 valence electrons. The predicted molar refractivity (Wildman–Crippen MR) is 67.7 cm³/mol. The third kappa shape index (κ3) is 2.95. The van der Waals surface area contributed by atoms with Crippen LogP contribution in [0.15, 0.2) is 30.6 Å². The maximum Gasteiger partial charge on any atom is 0.321 e. The van der Waals surface area contributed by atoms with E-state index in [1.54, 1.807) is 25.6 Å². The van der Waals surface area contributed by atoms with E-state index in [0.717, 1.165) is 11.1 Å². The minimum absolute atomic E-state index is 0.303. The van der Waals surface area contributed by atoms with Gasteiger partial charge in [-0.05, 0) is 30.2 Å². The number of nitrogens with zero attached hydrogens (tertiary/aromatic N) is 2. The number of benzene rings is 1. The lowest BCUT2D eigenvalue weighted by atomic mass is 10.2. The summed E-state index contributed by atoms with van der Waals surface area (Å²) in [5, 5.41) is 0. The van der Waals surface area contributed by atoms with E-state index in [4.69, 9.17) is 15.2 Å². The molecule has 2 N–H and O–H groups in total. The van der Waals surface area contributed by atoms with E-state index in [-0.39, 0.29) is 0 Å². The van der Waals surface area contributed by atoms with Crippen molar-refractivity contribution in [3.63, 3.8) is 0 Å². The summed E-state index contributed by atoms with van der Waals surface area (Å²) in [6.07, 6.45) is 3.40. The Morgan fingerprint density at radius 1 is 1.11 bits per heavy atom. The second-order valence-corrected chi connectivity index (χ2v) is 3.87. The molecule has 0 aliphatic rings. The van der Waals surface area contributed by atoms with E-state index >= 15 is 0 Å². The highest BCUT2D eigenvalue weighted by Gasteiger charge is 2.04. The molecule has 0 aliphatic carbocycles. The zero-order valence-corrected chi connectivity index (χ0v) is 10.4. The van der Waals surface area contributed by atoms with Crippen molar-refractivity contribution < 1.29 is 9.47 Å². The fraction of sp³-hybridized carbons (Fsp3) is 0.231. The fourth-order valence-corrected chi connectivity index (χ4v) is 1.46. The van der Waals surface area contributed by atoms with E-state index in [2.05, 4.69) is 9.97 Å². The van der Waals surface area contributed by atoms with Crippen LogP contribution in [0.25, 0.3) is 0 Å². The molecule has 0 aliphatic heterocycles. The van der Waals surface area contributed by atoms with Gasteiger partial charge in [-0.3, -0.25) is 0 Å². The number of aromatic nitrogens is 2. The second-order valence-electron chi connectivity index (χ2n) is 3.87. The van der Waals surface area contributed by atoms with E-state index in [1.165, 1.54) is 0 Å². The van der Waals surface area contributed by atoms with Gasteiger partial charge in [0, 0.05) is 25.0 Å². The van der Waals surface area contributed by atoms with Crippen LogP contribution in [0.2, 0.25) is 0 Å². The summed E-state index contributed by atoms with van der Waals surface area (Å²) in [5.41, 5.74) is 7.52. The van der Waals surface area contributed by atoms with Gasteiger partial charge in [0.05, 0.1) is 7.11 Å². The smallest absolute Gasteiger partial charge is 0.321 e.